The van der Waals surface area contributed by atoms with E-state index in [1.807, 2.05) is 0 Å². The van der Waals surface area contributed by atoms with E-state index in [2.05, 4.69) is 90.4 Å². The van der Waals surface area contributed by atoms with Crippen LogP contribution in [0.15, 0.2) is 43.1 Å². The van der Waals surface area contributed by atoms with Crippen molar-refractivity contribution in [1.29, 1.82) is 0 Å². The van der Waals surface area contributed by atoms with Gasteiger partial charge in [-0.05, 0) is 58.7 Å². The van der Waals surface area contributed by atoms with Crippen LogP contribution in [-0.2, 0) is 0 Å². The van der Waals surface area contributed by atoms with E-state index in [-0.39, 0.29) is 6.04 Å². The van der Waals surface area contributed by atoms with E-state index >= 15 is 0 Å². The minimum atomic E-state index is 0.235. The van der Waals surface area contributed by atoms with E-state index in [0.717, 1.165) is 21.9 Å². The van der Waals surface area contributed by atoms with Crippen molar-refractivity contribution in [3.05, 3.63) is 53.5 Å². The molecule has 0 bridgehead atoms. The summed E-state index contributed by atoms with van der Waals surface area (Å²) < 4.78 is 3.38. The van der Waals surface area contributed by atoms with Gasteiger partial charge in [-0.2, -0.15) is 0 Å². The lowest BCUT2D eigenvalue weighted by Crippen LogP contribution is -2.22. The Kier molecular flexibility index (Phi) is 6.09. The quantitative estimate of drug-likeness (QED) is 0.558. The Balaban J connectivity index is 2.36. The second-order valence-corrected chi connectivity index (χ2v) is 8.46. The van der Waals surface area contributed by atoms with Gasteiger partial charge in [0.05, 0.1) is 9.83 Å². The SMILES string of the molecule is CCCNC(c1ccc(Br)s1)c1ccc(Br)cc1Br. The van der Waals surface area contributed by atoms with Crippen molar-refractivity contribution in [1.82, 2.24) is 5.32 Å². The zero-order valence-electron chi connectivity index (χ0n) is 10.4. The van der Waals surface area contributed by atoms with E-state index in [9.17, 15) is 0 Å². The van der Waals surface area contributed by atoms with Crippen LogP contribution in [0.3, 0.4) is 0 Å². The summed E-state index contributed by atoms with van der Waals surface area (Å²) in [7, 11) is 0. The first-order valence-corrected chi connectivity index (χ1v) is 9.25. The molecule has 0 saturated carbocycles. The first-order valence-electron chi connectivity index (χ1n) is 6.05. The molecule has 0 saturated heterocycles. The lowest BCUT2D eigenvalue weighted by atomic mass is 10.1. The Morgan fingerprint density at radius 1 is 1.16 bits per heavy atom. The fourth-order valence-electron chi connectivity index (χ4n) is 1.87. The normalized spacial score (nSPS) is 12.6. The molecule has 1 heterocycles. The maximum absolute atomic E-state index is 3.67. The predicted molar refractivity (Wildman–Crippen MR) is 94.0 cm³/mol. The maximum Gasteiger partial charge on any atom is 0.0702 e. The van der Waals surface area contributed by atoms with Gasteiger partial charge in [-0.15, -0.1) is 11.3 Å². The molecule has 0 aliphatic rings. The molecule has 1 aromatic heterocycles. The second-order valence-electron chi connectivity index (χ2n) is 4.19. The molecular formula is C14H14Br3NS. The number of hydrogen-bond acceptors (Lipinski definition) is 2. The summed E-state index contributed by atoms with van der Waals surface area (Å²) in [4.78, 5) is 1.32. The molecule has 2 rings (SSSR count). The van der Waals surface area contributed by atoms with Gasteiger partial charge in [-0.1, -0.05) is 44.8 Å². The van der Waals surface area contributed by atoms with Crippen LogP contribution in [0.5, 0.6) is 0 Å². The number of rotatable bonds is 5. The van der Waals surface area contributed by atoms with Gasteiger partial charge in [0.25, 0.3) is 0 Å². The number of hydrogen-bond donors (Lipinski definition) is 1. The minimum Gasteiger partial charge on any atom is -0.306 e. The van der Waals surface area contributed by atoms with Crippen LogP contribution in [0.2, 0.25) is 0 Å². The number of nitrogens with one attached hydrogen (secondary N) is 1. The van der Waals surface area contributed by atoms with E-state index < -0.39 is 0 Å². The third-order valence-corrected chi connectivity index (χ3v) is 5.62. The van der Waals surface area contributed by atoms with Crippen molar-refractivity contribution < 1.29 is 0 Å². The summed E-state index contributed by atoms with van der Waals surface area (Å²) >= 11 is 12.5. The van der Waals surface area contributed by atoms with Gasteiger partial charge in [0, 0.05) is 13.8 Å². The smallest absolute Gasteiger partial charge is 0.0702 e. The Labute approximate surface area is 143 Å². The average molecular weight is 468 g/mol. The topological polar surface area (TPSA) is 12.0 Å². The second kappa shape index (κ2) is 7.36. The van der Waals surface area contributed by atoms with Gasteiger partial charge in [0.15, 0.2) is 0 Å². The fourth-order valence-corrected chi connectivity index (χ4v) is 4.67. The summed E-state index contributed by atoms with van der Waals surface area (Å²) in [5.74, 6) is 0. The van der Waals surface area contributed by atoms with Crippen LogP contribution < -0.4 is 5.32 Å². The van der Waals surface area contributed by atoms with Crippen LogP contribution in [0.4, 0.5) is 0 Å². The molecule has 1 N–H and O–H groups in total. The minimum absolute atomic E-state index is 0.235. The molecule has 2 aromatic rings. The Bertz CT molecular complexity index is 553. The largest absolute Gasteiger partial charge is 0.306 e. The highest BCUT2D eigenvalue weighted by molar-refractivity contribution is 9.11. The van der Waals surface area contributed by atoms with Crippen molar-refractivity contribution in [3.8, 4) is 0 Å². The molecule has 0 spiro atoms. The fraction of sp³-hybridized carbons (Fsp3) is 0.286. The average Bonchev–Trinajstić information content (AvgIpc) is 2.78. The zero-order chi connectivity index (χ0) is 13.8. The number of thiophene rings is 1. The molecule has 19 heavy (non-hydrogen) atoms. The highest BCUT2D eigenvalue weighted by Gasteiger charge is 2.18. The van der Waals surface area contributed by atoms with E-state index in [0.29, 0.717) is 0 Å². The lowest BCUT2D eigenvalue weighted by Gasteiger charge is -2.19. The Morgan fingerprint density at radius 2 is 1.95 bits per heavy atom. The number of halogens is 3. The molecule has 0 aliphatic carbocycles. The van der Waals surface area contributed by atoms with E-state index in [4.69, 9.17) is 0 Å². The van der Waals surface area contributed by atoms with E-state index in [1.54, 1.807) is 11.3 Å². The molecule has 1 aromatic carbocycles. The van der Waals surface area contributed by atoms with Crippen molar-refractivity contribution >= 4 is 59.1 Å². The maximum atomic E-state index is 3.67. The molecular weight excluding hydrogens is 454 g/mol. The van der Waals surface area contributed by atoms with Crippen molar-refractivity contribution in [3.63, 3.8) is 0 Å². The monoisotopic (exact) mass is 465 g/mol. The summed E-state index contributed by atoms with van der Waals surface area (Å²) in [6.45, 7) is 3.19. The highest BCUT2D eigenvalue weighted by Crippen LogP contribution is 2.35. The van der Waals surface area contributed by atoms with Crippen LogP contribution in [0.1, 0.15) is 29.8 Å². The van der Waals surface area contributed by atoms with Gasteiger partial charge < -0.3 is 5.32 Å². The van der Waals surface area contributed by atoms with Crippen molar-refractivity contribution in [2.24, 2.45) is 0 Å². The van der Waals surface area contributed by atoms with Gasteiger partial charge in [-0.25, -0.2) is 0 Å². The van der Waals surface area contributed by atoms with E-state index in [1.165, 1.54) is 14.2 Å². The summed E-state index contributed by atoms with van der Waals surface area (Å²) in [5, 5.41) is 3.62. The predicted octanol–water partition coefficient (Wildman–Crippen LogP) is 6.12. The third-order valence-electron chi connectivity index (χ3n) is 2.75. The Hall–Kier alpha value is 0.320. The zero-order valence-corrected chi connectivity index (χ0v) is 16.0. The van der Waals surface area contributed by atoms with Gasteiger partial charge in [-0.3, -0.25) is 0 Å². The number of benzene rings is 1. The van der Waals surface area contributed by atoms with Gasteiger partial charge >= 0.3 is 0 Å². The summed E-state index contributed by atoms with van der Waals surface area (Å²) in [6, 6.07) is 10.9. The Morgan fingerprint density at radius 3 is 2.53 bits per heavy atom. The van der Waals surface area contributed by atoms with Crippen LogP contribution in [0.25, 0.3) is 0 Å². The highest BCUT2D eigenvalue weighted by atomic mass is 79.9. The molecule has 5 heteroatoms. The van der Waals surface area contributed by atoms with Crippen LogP contribution in [-0.4, -0.2) is 6.54 Å². The molecule has 0 fully saturated rings. The molecule has 0 radical (unpaired) electrons. The lowest BCUT2D eigenvalue weighted by molar-refractivity contribution is 0.604. The third kappa shape index (κ3) is 4.14. The summed E-state index contributed by atoms with van der Waals surface area (Å²) in [5.41, 5.74) is 1.27. The standard InChI is InChI=1S/C14H14Br3NS/c1-2-7-18-14(12-5-6-13(17)19-12)10-4-3-9(15)8-11(10)16/h3-6,8,14,18H,2,7H2,1H3. The van der Waals surface area contributed by atoms with Crippen LogP contribution in [0, 0.1) is 0 Å². The molecule has 1 unspecified atom stereocenters. The first kappa shape index (κ1) is 15.7. The van der Waals surface area contributed by atoms with Gasteiger partial charge in [0.1, 0.15) is 0 Å². The van der Waals surface area contributed by atoms with Crippen molar-refractivity contribution in [2.75, 3.05) is 6.54 Å². The molecule has 102 valence electrons. The van der Waals surface area contributed by atoms with Gasteiger partial charge in [0.2, 0.25) is 0 Å². The molecule has 1 nitrogen and oxygen atoms in total. The molecule has 0 aliphatic heterocycles. The van der Waals surface area contributed by atoms with Crippen molar-refractivity contribution in [2.45, 2.75) is 19.4 Å². The summed E-state index contributed by atoms with van der Waals surface area (Å²) in [6.07, 6.45) is 1.12. The molecule has 1 atom stereocenters. The molecule has 0 amide bonds. The first-order chi connectivity index (χ1) is 9.11. The van der Waals surface area contributed by atoms with Crippen LogP contribution >= 0.6 is 59.1 Å².